The van der Waals surface area contributed by atoms with Crippen LogP contribution in [0.5, 0.6) is 0 Å². The summed E-state index contributed by atoms with van der Waals surface area (Å²) >= 11 is 0. The summed E-state index contributed by atoms with van der Waals surface area (Å²) in [7, 11) is 0. The van der Waals surface area contributed by atoms with Gasteiger partial charge in [-0.3, -0.25) is 14.4 Å². The third kappa shape index (κ3) is 5.37. The lowest BCUT2D eigenvalue weighted by Gasteiger charge is -2.24. The van der Waals surface area contributed by atoms with Crippen LogP contribution in [-0.2, 0) is 25.5 Å². The highest BCUT2D eigenvalue weighted by Gasteiger charge is 2.26. The lowest BCUT2D eigenvalue weighted by molar-refractivity contribution is -0.147. The topological polar surface area (TPSA) is 84.5 Å². The van der Waals surface area contributed by atoms with E-state index in [4.69, 9.17) is 4.74 Å². The van der Waals surface area contributed by atoms with Gasteiger partial charge in [-0.1, -0.05) is 18.2 Å². The number of para-hydroxylation sites is 1. The highest BCUT2D eigenvalue weighted by atomic mass is 16.5. The Kier molecular flexibility index (Phi) is 6.35. The molecule has 130 valence electrons. The Hall–Kier alpha value is -2.37. The van der Waals surface area contributed by atoms with Crippen LogP contribution in [-0.4, -0.2) is 30.4 Å². The van der Waals surface area contributed by atoms with Crippen molar-refractivity contribution in [2.45, 2.75) is 45.6 Å². The summed E-state index contributed by atoms with van der Waals surface area (Å²) in [5, 5.41) is 5.57. The first kappa shape index (κ1) is 18.0. The molecule has 1 aliphatic heterocycles. The zero-order valence-electron chi connectivity index (χ0n) is 14.1. The van der Waals surface area contributed by atoms with Crippen LogP contribution < -0.4 is 10.6 Å². The summed E-state index contributed by atoms with van der Waals surface area (Å²) in [5.74, 6) is -0.717. The fraction of sp³-hybridized carbons (Fsp3) is 0.500. The van der Waals surface area contributed by atoms with E-state index in [1.807, 2.05) is 24.3 Å². The molecule has 6 heteroatoms. The highest BCUT2D eigenvalue weighted by molar-refractivity contribution is 5.96. The average molecular weight is 332 g/mol. The van der Waals surface area contributed by atoms with Gasteiger partial charge in [-0.15, -0.1) is 0 Å². The molecule has 0 radical (unpaired) electrons. The Morgan fingerprint density at radius 2 is 2.04 bits per heavy atom. The second-order valence-electron chi connectivity index (χ2n) is 6.22. The molecule has 1 heterocycles. The number of hydrogen-bond donors (Lipinski definition) is 2. The summed E-state index contributed by atoms with van der Waals surface area (Å²) in [4.78, 5) is 35.3. The smallest absolute Gasteiger partial charge is 0.307 e. The standard InChI is InChI=1S/C18H24N2O4/c1-12(2)24-17(22)9-10-19-16(21)8-7-14-11-13-5-3-4-6-15(13)20-18(14)23/h3-6,12,14H,7-11H2,1-2H3,(H,19,21)(H,20,23). The number of rotatable bonds is 7. The molecule has 1 aromatic carbocycles. The van der Waals surface area contributed by atoms with Crippen molar-refractivity contribution >= 4 is 23.5 Å². The Bertz CT molecular complexity index is 613. The van der Waals surface area contributed by atoms with Crippen LogP contribution in [0.1, 0.15) is 38.7 Å². The number of esters is 1. The Labute approximate surface area is 142 Å². The van der Waals surface area contributed by atoms with E-state index in [0.717, 1.165) is 11.3 Å². The summed E-state index contributed by atoms with van der Waals surface area (Å²) in [6, 6.07) is 7.70. The number of fused-ring (bicyclic) bond motifs is 1. The number of carbonyl (C=O) groups is 3. The van der Waals surface area contributed by atoms with Crippen LogP contribution in [0.4, 0.5) is 5.69 Å². The third-order valence-corrected chi connectivity index (χ3v) is 3.85. The SMILES string of the molecule is CC(C)OC(=O)CCNC(=O)CCC1Cc2ccccc2NC1=O. The van der Waals surface area contributed by atoms with Gasteiger partial charge in [-0.25, -0.2) is 0 Å². The van der Waals surface area contributed by atoms with Crippen molar-refractivity contribution in [1.29, 1.82) is 0 Å². The van der Waals surface area contributed by atoms with E-state index in [2.05, 4.69) is 10.6 Å². The van der Waals surface area contributed by atoms with Crippen molar-refractivity contribution in [1.82, 2.24) is 5.32 Å². The Morgan fingerprint density at radius 3 is 2.79 bits per heavy atom. The lowest BCUT2D eigenvalue weighted by Crippen LogP contribution is -2.32. The molecule has 0 aliphatic carbocycles. The number of anilines is 1. The molecule has 0 saturated heterocycles. The summed E-state index contributed by atoms with van der Waals surface area (Å²) in [6.45, 7) is 3.82. The fourth-order valence-corrected chi connectivity index (χ4v) is 2.67. The van der Waals surface area contributed by atoms with Gasteiger partial charge in [-0.2, -0.15) is 0 Å². The molecule has 24 heavy (non-hydrogen) atoms. The quantitative estimate of drug-likeness (QED) is 0.748. The molecule has 0 bridgehead atoms. The van der Waals surface area contributed by atoms with Gasteiger partial charge in [0.25, 0.3) is 0 Å². The van der Waals surface area contributed by atoms with E-state index in [0.29, 0.717) is 12.8 Å². The van der Waals surface area contributed by atoms with Gasteiger partial charge in [0, 0.05) is 24.6 Å². The zero-order valence-corrected chi connectivity index (χ0v) is 14.1. The first-order valence-corrected chi connectivity index (χ1v) is 8.30. The van der Waals surface area contributed by atoms with Crippen LogP contribution >= 0.6 is 0 Å². The Morgan fingerprint density at radius 1 is 1.29 bits per heavy atom. The molecule has 1 unspecified atom stereocenters. The van der Waals surface area contributed by atoms with Gasteiger partial charge < -0.3 is 15.4 Å². The minimum Gasteiger partial charge on any atom is -0.463 e. The molecule has 0 saturated carbocycles. The van der Waals surface area contributed by atoms with Crippen LogP contribution in [0.2, 0.25) is 0 Å². The van der Waals surface area contributed by atoms with E-state index in [9.17, 15) is 14.4 Å². The molecule has 0 fully saturated rings. The number of carbonyl (C=O) groups excluding carboxylic acids is 3. The molecule has 2 rings (SSSR count). The molecular weight excluding hydrogens is 308 g/mol. The predicted molar refractivity (Wildman–Crippen MR) is 90.4 cm³/mol. The molecule has 0 spiro atoms. The van der Waals surface area contributed by atoms with Gasteiger partial charge in [-0.05, 0) is 38.3 Å². The third-order valence-electron chi connectivity index (χ3n) is 3.85. The molecule has 2 amide bonds. The van der Waals surface area contributed by atoms with Gasteiger partial charge >= 0.3 is 5.97 Å². The molecule has 0 aromatic heterocycles. The fourth-order valence-electron chi connectivity index (χ4n) is 2.67. The minimum atomic E-state index is -0.325. The number of nitrogens with one attached hydrogen (secondary N) is 2. The van der Waals surface area contributed by atoms with E-state index < -0.39 is 0 Å². The first-order chi connectivity index (χ1) is 11.5. The highest BCUT2D eigenvalue weighted by Crippen LogP contribution is 2.27. The number of hydrogen-bond acceptors (Lipinski definition) is 4. The lowest BCUT2D eigenvalue weighted by atomic mass is 9.89. The van der Waals surface area contributed by atoms with E-state index in [1.165, 1.54) is 0 Å². The molecule has 1 aliphatic rings. The van der Waals surface area contributed by atoms with E-state index in [1.54, 1.807) is 13.8 Å². The maximum Gasteiger partial charge on any atom is 0.307 e. The largest absolute Gasteiger partial charge is 0.463 e. The van der Waals surface area contributed by atoms with Crippen molar-refractivity contribution in [3.63, 3.8) is 0 Å². The molecule has 1 aromatic rings. The van der Waals surface area contributed by atoms with Gasteiger partial charge in [0.05, 0.1) is 12.5 Å². The second-order valence-corrected chi connectivity index (χ2v) is 6.22. The Balaban J connectivity index is 1.70. The van der Waals surface area contributed by atoms with Gasteiger partial charge in [0.2, 0.25) is 11.8 Å². The zero-order chi connectivity index (χ0) is 17.5. The monoisotopic (exact) mass is 332 g/mol. The van der Waals surface area contributed by atoms with Crippen molar-refractivity contribution in [2.24, 2.45) is 5.92 Å². The molecule has 6 nitrogen and oxygen atoms in total. The number of amides is 2. The van der Waals surface area contributed by atoms with Crippen LogP contribution in [0.15, 0.2) is 24.3 Å². The van der Waals surface area contributed by atoms with Crippen molar-refractivity contribution in [2.75, 3.05) is 11.9 Å². The second kappa shape index (κ2) is 8.47. The normalized spacial score (nSPS) is 16.3. The average Bonchev–Trinajstić information content (AvgIpc) is 2.52. The van der Waals surface area contributed by atoms with Crippen molar-refractivity contribution in [3.05, 3.63) is 29.8 Å². The van der Waals surface area contributed by atoms with E-state index >= 15 is 0 Å². The number of benzene rings is 1. The van der Waals surface area contributed by atoms with Crippen LogP contribution in [0, 0.1) is 5.92 Å². The predicted octanol–water partition coefficient (Wildman–Crippen LogP) is 2.04. The van der Waals surface area contributed by atoms with E-state index in [-0.39, 0.29) is 49.2 Å². The maximum atomic E-state index is 12.1. The van der Waals surface area contributed by atoms with Crippen molar-refractivity contribution < 1.29 is 19.1 Å². The van der Waals surface area contributed by atoms with Crippen molar-refractivity contribution in [3.8, 4) is 0 Å². The summed E-state index contributed by atoms with van der Waals surface area (Å²) in [5.41, 5.74) is 1.95. The molecule has 1 atom stereocenters. The minimum absolute atomic E-state index is 0.0398. The van der Waals surface area contributed by atoms with Crippen LogP contribution in [0.25, 0.3) is 0 Å². The van der Waals surface area contributed by atoms with Gasteiger partial charge in [0.15, 0.2) is 0 Å². The maximum absolute atomic E-state index is 12.1. The molecular formula is C18H24N2O4. The van der Waals surface area contributed by atoms with Crippen LogP contribution in [0.3, 0.4) is 0 Å². The first-order valence-electron chi connectivity index (χ1n) is 8.30. The number of ether oxygens (including phenoxy) is 1. The summed E-state index contributed by atoms with van der Waals surface area (Å²) in [6.07, 6.45) is 1.40. The molecule has 2 N–H and O–H groups in total. The van der Waals surface area contributed by atoms with Gasteiger partial charge in [0.1, 0.15) is 0 Å². The summed E-state index contributed by atoms with van der Waals surface area (Å²) < 4.78 is 4.99.